The molecule has 0 aromatic carbocycles. The molecule has 0 fully saturated rings. The van der Waals surface area contributed by atoms with Gasteiger partial charge < -0.3 is 11.5 Å². The molecule has 0 aliphatic heterocycles. The number of halogens is 1. The van der Waals surface area contributed by atoms with Gasteiger partial charge >= 0.3 is 0 Å². The fourth-order valence-electron chi connectivity index (χ4n) is 0.121. The van der Waals surface area contributed by atoms with Crippen LogP contribution in [0, 0.1) is 5.41 Å². The monoisotopic (exact) mass is 166 g/mol. The van der Waals surface area contributed by atoms with E-state index in [0.717, 1.165) is 0 Å². The van der Waals surface area contributed by atoms with Crippen LogP contribution in [-0.4, -0.2) is 11.8 Å². The van der Waals surface area contributed by atoms with E-state index in [-0.39, 0.29) is 12.4 Å². The lowest BCUT2D eigenvalue weighted by molar-refractivity contribution is -0.137. The first-order chi connectivity index (χ1) is 3.89. The van der Waals surface area contributed by atoms with Gasteiger partial charge in [0.15, 0.2) is 0 Å². The van der Waals surface area contributed by atoms with E-state index in [1.54, 1.807) is 0 Å². The fraction of sp³-hybridized carbons (Fsp3) is 0.600. The Bertz CT molecular complexity index is 140. The summed E-state index contributed by atoms with van der Waals surface area (Å²) in [6.45, 7) is 2.77. The number of hydrogen-bond acceptors (Lipinski definition) is 2. The number of primary amides is 2. The third-order valence-electron chi connectivity index (χ3n) is 1.23. The zero-order valence-electron chi connectivity index (χ0n) is 5.88. The second-order valence-corrected chi connectivity index (χ2v) is 2.35. The Morgan fingerprint density at radius 2 is 1.30 bits per heavy atom. The Kier molecular flexibility index (Phi) is 4.08. The van der Waals surface area contributed by atoms with Crippen LogP contribution < -0.4 is 11.5 Å². The first-order valence-corrected chi connectivity index (χ1v) is 2.49. The zero-order valence-corrected chi connectivity index (χ0v) is 6.70. The molecule has 0 radical (unpaired) electrons. The number of nitrogens with two attached hydrogens (primary N) is 2. The number of carbonyl (C=O) groups excluding carboxylic acids is 2. The maximum atomic E-state index is 10.4. The maximum absolute atomic E-state index is 10.4. The summed E-state index contributed by atoms with van der Waals surface area (Å²) in [6.07, 6.45) is 0. The van der Waals surface area contributed by atoms with Gasteiger partial charge in [0.05, 0.1) is 0 Å². The molecule has 0 aromatic heterocycles. The van der Waals surface area contributed by atoms with E-state index >= 15 is 0 Å². The molecule has 2 amide bonds. The molecule has 0 saturated heterocycles. The summed E-state index contributed by atoms with van der Waals surface area (Å²) in [7, 11) is 0. The van der Waals surface area contributed by atoms with Crippen molar-refractivity contribution in [2.45, 2.75) is 13.8 Å². The Labute approximate surface area is 65.4 Å². The van der Waals surface area contributed by atoms with Gasteiger partial charge in [-0.2, -0.15) is 0 Å². The van der Waals surface area contributed by atoms with Gasteiger partial charge in [-0.25, -0.2) is 0 Å². The summed E-state index contributed by atoms with van der Waals surface area (Å²) in [6, 6.07) is 0. The predicted octanol–water partition coefficient (Wildman–Crippen LogP) is -0.595. The molecule has 0 unspecified atom stereocenters. The molecule has 4 N–H and O–H groups in total. The number of hydrogen-bond donors (Lipinski definition) is 2. The van der Waals surface area contributed by atoms with E-state index in [4.69, 9.17) is 11.5 Å². The second kappa shape index (κ2) is 3.41. The lowest BCUT2D eigenvalue weighted by atomic mass is 9.92. The number of amides is 2. The van der Waals surface area contributed by atoms with Gasteiger partial charge in [-0.3, -0.25) is 9.59 Å². The summed E-state index contributed by atoms with van der Waals surface area (Å²) in [5.41, 5.74) is 8.44. The first-order valence-electron chi connectivity index (χ1n) is 2.49. The molecule has 0 heterocycles. The lowest BCUT2D eigenvalue weighted by Crippen LogP contribution is -2.42. The van der Waals surface area contributed by atoms with Crippen molar-refractivity contribution >= 4 is 24.2 Å². The van der Waals surface area contributed by atoms with Crippen LogP contribution in [0.1, 0.15) is 13.8 Å². The highest BCUT2D eigenvalue weighted by molar-refractivity contribution is 6.02. The summed E-state index contributed by atoms with van der Waals surface area (Å²) >= 11 is 0. The molecule has 60 valence electrons. The molecule has 0 aliphatic carbocycles. The SMILES string of the molecule is CC(C)(C(N)=O)C(N)=O.Cl. The second-order valence-electron chi connectivity index (χ2n) is 2.35. The maximum Gasteiger partial charge on any atom is 0.232 e. The van der Waals surface area contributed by atoms with Crippen molar-refractivity contribution in [1.82, 2.24) is 0 Å². The molecule has 0 aliphatic rings. The Hall–Kier alpha value is -0.770. The molecular weight excluding hydrogens is 156 g/mol. The van der Waals surface area contributed by atoms with Crippen LogP contribution in [-0.2, 0) is 9.59 Å². The predicted molar refractivity (Wildman–Crippen MR) is 39.4 cm³/mol. The number of rotatable bonds is 2. The average Bonchev–Trinajstić information content (AvgIpc) is 1.65. The van der Waals surface area contributed by atoms with Gasteiger partial charge in [-0.1, -0.05) is 0 Å². The minimum atomic E-state index is -1.22. The van der Waals surface area contributed by atoms with Gasteiger partial charge in [0.1, 0.15) is 5.41 Å². The molecule has 0 atom stereocenters. The van der Waals surface area contributed by atoms with E-state index in [2.05, 4.69) is 0 Å². The molecular formula is C5H11ClN2O2. The standard InChI is InChI=1S/C5H10N2O2.ClH/c1-5(2,3(6)8)4(7)9;/h1-2H3,(H2,6,8)(H2,7,9);1H. The summed E-state index contributed by atoms with van der Waals surface area (Å²) in [5, 5.41) is 0. The molecule has 0 rings (SSSR count). The van der Waals surface area contributed by atoms with Crippen molar-refractivity contribution in [3.63, 3.8) is 0 Å². The summed E-state index contributed by atoms with van der Waals surface area (Å²) in [5.74, 6) is -1.40. The Morgan fingerprint density at radius 1 is 1.10 bits per heavy atom. The lowest BCUT2D eigenvalue weighted by Gasteiger charge is -2.14. The van der Waals surface area contributed by atoms with E-state index in [1.165, 1.54) is 13.8 Å². The molecule has 0 bridgehead atoms. The molecule has 10 heavy (non-hydrogen) atoms. The molecule has 0 saturated carbocycles. The van der Waals surface area contributed by atoms with Crippen molar-refractivity contribution in [2.75, 3.05) is 0 Å². The quantitative estimate of drug-likeness (QED) is 0.537. The van der Waals surface area contributed by atoms with Gasteiger partial charge in [-0.15, -0.1) is 12.4 Å². The summed E-state index contributed by atoms with van der Waals surface area (Å²) in [4.78, 5) is 20.8. The fourth-order valence-corrected chi connectivity index (χ4v) is 0.121. The van der Waals surface area contributed by atoms with Crippen molar-refractivity contribution in [3.05, 3.63) is 0 Å². The normalized spacial score (nSPS) is 9.80. The minimum absolute atomic E-state index is 0. The minimum Gasteiger partial charge on any atom is -0.369 e. The summed E-state index contributed by atoms with van der Waals surface area (Å²) < 4.78 is 0. The van der Waals surface area contributed by atoms with Gasteiger partial charge in [0, 0.05) is 0 Å². The first kappa shape index (κ1) is 12.0. The van der Waals surface area contributed by atoms with Gasteiger partial charge in [0.2, 0.25) is 11.8 Å². The van der Waals surface area contributed by atoms with Crippen molar-refractivity contribution in [3.8, 4) is 0 Å². The van der Waals surface area contributed by atoms with Crippen LogP contribution in [0.2, 0.25) is 0 Å². The highest BCUT2D eigenvalue weighted by Crippen LogP contribution is 2.11. The van der Waals surface area contributed by atoms with Crippen molar-refractivity contribution in [1.29, 1.82) is 0 Å². The van der Waals surface area contributed by atoms with E-state index in [0.29, 0.717) is 0 Å². The van der Waals surface area contributed by atoms with Crippen LogP contribution in [0.25, 0.3) is 0 Å². The topological polar surface area (TPSA) is 86.2 Å². The van der Waals surface area contributed by atoms with Crippen molar-refractivity contribution in [2.24, 2.45) is 16.9 Å². The third-order valence-corrected chi connectivity index (χ3v) is 1.23. The van der Waals surface area contributed by atoms with Crippen LogP contribution in [0.3, 0.4) is 0 Å². The highest BCUT2D eigenvalue weighted by atomic mass is 35.5. The van der Waals surface area contributed by atoms with Crippen molar-refractivity contribution < 1.29 is 9.59 Å². The van der Waals surface area contributed by atoms with E-state index in [1.807, 2.05) is 0 Å². The largest absolute Gasteiger partial charge is 0.369 e. The number of carbonyl (C=O) groups is 2. The molecule has 4 nitrogen and oxygen atoms in total. The molecule has 0 aromatic rings. The Balaban J connectivity index is 0. The average molecular weight is 167 g/mol. The molecule has 0 spiro atoms. The van der Waals surface area contributed by atoms with Crippen LogP contribution in [0.15, 0.2) is 0 Å². The van der Waals surface area contributed by atoms with E-state index in [9.17, 15) is 9.59 Å². The van der Waals surface area contributed by atoms with Gasteiger partial charge in [-0.05, 0) is 13.8 Å². The third kappa shape index (κ3) is 2.23. The Morgan fingerprint density at radius 3 is 1.30 bits per heavy atom. The molecule has 5 heteroatoms. The van der Waals surface area contributed by atoms with Crippen LogP contribution >= 0.6 is 12.4 Å². The van der Waals surface area contributed by atoms with Gasteiger partial charge in [0.25, 0.3) is 0 Å². The van der Waals surface area contributed by atoms with E-state index < -0.39 is 17.2 Å². The zero-order chi connectivity index (χ0) is 7.65. The highest BCUT2D eigenvalue weighted by Gasteiger charge is 2.31. The van der Waals surface area contributed by atoms with Crippen LogP contribution in [0.5, 0.6) is 0 Å². The smallest absolute Gasteiger partial charge is 0.232 e. The van der Waals surface area contributed by atoms with Crippen LogP contribution in [0.4, 0.5) is 0 Å².